The monoisotopic (exact) mass is 444 g/mol. The van der Waals surface area contributed by atoms with Gasteiger partial charge in [0.15, 0.2) is 11.6 Å². The molecule has 0 bridgehead atoms. The Hall–Kier alpha value is -2.48. The number of fused-ring (bicyclic) bond motifs is 1. The van der Waals surface area contributed by atoms with Gasteiger partial charge in [-0.3, -0.25) is 9.48 Å². The Morgan fingerprint density at radius 3 is 2.56 bits per heavy atom. The molecule has 1 aliphatic carbocycles. The zero-order valence-corrected chi connectivity index (χ0v) is 18.7. The van der Waals surface area contributed by atoms with Crippen molar-refractivity contribution >= 4 is 11.6 Å². The molecule has 8 heteroatoms. The summed E-state index contributed by atoms with van der Waals surface area (Å²) in [7, 11) is 0. The number of amides is 1. The lowest BCUT2D eigenvalue weighted by atomic mass is 9.90. The smallest absolute Gasteiger partial charge is 0.224 e. The minimum atomic E-state index is -0.979. The minimum Gasteiger partial charge on any atom is -0.489 e. The predicted octanol–water partition coefficient (Wildman–Crippen LogP) is 4.37. The Labute approximate surface area is 186 Å². The average Bonchev–Trinajstić information content (AvgIpc) is 3.24. The van der Waals surface area contributed by atoms with Crippen molar-refractivity contribution in [2.45, 2.75) is 77.0 Å². The van der Waals surface area contributed by atoms with Gasteiger partial charge in [0.25, 0.3) is 0 Å². The van der Waals surface area contributed by atoms with E-state index in [0.29, 0.717) is 29.7 Å². The molecule has 2 aromatic rings. The molecule has 5 rings (SSSR count). The fourth-order valence-corrected chi connectivity index (χ4v) is 5.14. The SMILES string of the molecule is CC(=O)N1c2c(F)c(F)c(-c3cnn(C4CCNCC4)c3)c(OC3CCC3)c2CC[C@@H]1C. The van der Waals surface area contributed by atoms with Crippen LogP contribution in [-0.4, -0.2) is 40.9 Å². The Balaban J connectivity index is 1.65. The zero-order chi connectivity index (χ0) is 22.4. The first kappa shape index (κ1) is 21.4. The fraction of sp³-hybridized carbons (Fsp3) is 0.583. The first-order valence-corrected chi connectivity index (χ1v) is 11.7. The molecule has 0 radical (unpaired) electrons. The first-order valence-electron chi connectivity index (χ1n) is 11.7. The summed E-state index contributed by atoms with van der Waals surface area (Å²) >= 11 is 0. The number of piperidine rings is 1. The van der Waals surface area contributed by atoms with Crippen LogP contribution < -0.4 is 15.0 Å². The van der Waals surface area contributed by atoms with Gasteiger partial charge in [0.1, 0.15) is 5.75 Å². The molecule has 1 saturated heterocycles. The third-order valence-corrected chi connectivity index (χ3v) is 7.15. The quantitative estimate of drug-likeness (QED) is 0.761. The zero-order valence-electron chi connectivity index (χ0n) is 18.7. The molecule has 1 atom stereocenters. The third-order valence-electron chi connectivity index (χ3n) is 7.15. The Kier molecular flexibility index (Phi) is 5.65. The maximum atomic E-state index is 15.7. The van der Waals surface area contributed by atoms with E-state index in [9.17, 15) is 4.79 Å². The van der Waals surface area contributed by atoms with E-state index in [-0.39, 0.29) is 35.3 Å². The van der Waals surface area contributed by atoms with Crippen LogP contribution in [0.2, 0.25) is 0 Å². The van der Waals surface area contributed by atoms with Crippen molar-refractivity contribution in [3.63, 3.8) is 0 Å². The molecule has 1 aromatic carbocycles. The Bertz CT molecular complexity index is 1030. The highest BCUT2D eigenvalue weighted by Crippen LogP contribution is 2.48. The number of hydrogen-bond donors (Lipinski definition) is 1. The summed E-state index contributed by atoms with van der Waals surface area (Å²) in [5.41, 5.74) is 1.28. The van der Waals surface area contributed by atoms with Crippen molar-refractivity contribution in [2.75, 3.05) is 18.0 Å². The van der Waals surface area contributed by atoms with Crippen LogP contribution >= 0.6 is 0 Å². The Morgan fingerprint density at radius 2 is 1.91 bits per heavy atom. The standard InChI is InChI=1S/C24H30F2N4O2/c1-14-6-7-19-23(30(14)15(2)31)22(26)21(25)20(24(19)32-18-4-3-5-18)16-12-28-29(13-16)17-8-10-27-11-9-17/h12-14,17-18,27H,3-11H2,1-2H3/t14-/m0/s1. The van der Waals surface area contributed by atoms with E-state index in [0.717, 1.165) is 45.2 Å². The van der Waals surface area contributed by atoms with Gasteiger partial charge in [0.05, 0.1) is 29.6 Å². The molecule has 6 nitrogen and oxygen atoms in total. The van der Waals surface area contributed by atoms with Crippen LogP contribution in [0.15, 0.2) is 12.4 Å². The summed E-state index contributed by atoms with van der Waals surface area (Å²) in [6.07, 6.45) is 9.36. The predicted molar refractivity (Wildman–Crippen MR) is 118 cm³/mol. The molecule has 2 fully saturated rings. The number of nitrogens with zero attached hydrogens (tertiary/aromatic N) is 3. The van der Waals surface area contributed by atoms with Gasteiger partial charge in [-0.2, -0.15) is 5.10 Å². The largest absolute Gasteiger partial charge is 0.489 e. The molecule has 3 aliphatic rings. The molecule has 172 valence electrons. The summed E-state index contributed by atoms with van der Waals surface area (Å²) in [6.45, 7) is 5.09. The maximum absolute atomic E-state index is 15.7. The van der Waals surface area contributed by atoms with Crippen LogP contribution in [0, 0.1) is 11.6 Å². The van der Waals surface area contributed by atoms with Crippen LogP contribution in [0.3, 0.4) is 0 Å². The van der Waals surface area contributed by atoms with Crippen molar-refractivity contribution in [1.82, 2.24) is 15.1 Å². The summed E-state index contributed by atoms with van der Waals surface area (Å²) in [5.74, 6) is -1.86. The van der Waals surface area contributed by atoms with Crippen molar-refractivity contribution < 1.29 is 18.3 Å². The van der Waals surface area contributed by atoms with Crippen LogP contribution in [0.5, 0.6) is 5.75 Å². The first-order chi connectivity index (χ1) is 15.5. The van der Waals surface area contributed by atoms with E-state index < -0.39 is 11.6 Å². The molecular weight excluding hydrogens is 414 g/mol. The highest BCUT2D eigenvalue weighted by molar-refractivity contribution is 5.95. The van der Waals surface area contributed by atoms with Gasteiger partial charge in [-0.15, -0.1) is 0 Å². The second-order valence-corrected chi connectivity index (χ2v) is 9.30. The highest BCUT2D eigenvalue weighted by atomic mass is 19.2. The van der Waals surface area contributed by atoms with Crippen molar-refractivity contribution in [3.8, 4) is 16.9 Å². The van der Waals surface area contributed by atoms with Crippen molar-refractivity contribution in [3.05, 3.63) is 29.6 Å². The topological polar surface area (TPSA) is 59.4 Å². The van der Waals surface area contributed by atoms with E-state index in [2.05, 4.69) is 10.4 Å². The van der Waals surface area contributed by atoms with Crippen LogP contribution in [0.25, 0.3) is 11.1 Å². The molecule has 1 amide bonds. The number of rotatable bonds is 4. The molecule has 32 heavy (non-hydrogen) atoms. The number of carbonyl (C=O) groups is 1. The van der Waals surface area contributed by atoms with Crippen LogP contribution in [-0.2, 0) is 11.2 Å². The molecule has 1 aromatic heterocycles. The molecule has 0 unspecified atom stereocenters. The number of benzene rings is 1. The van der Waals surface area contributed by atoms with Crippen LogP contribution in [0.4, 0.5) is 14.5 Å². The number of carbonyl (C=O) groups excluding carboxylic acids is 1. The number of nitrogens with one attached hydrogen (secondary N) is 1. The normalized spacial score (nSPS) is 21.9. The number of hydrogen-bond acceptors (Lipinski definition) is 4. The summed E-state index contributed by atoms with van der Waals surface area (Å²) < 4.78 is 39.4. The van der Waals surface area contributed by atoms with Crippen molar-refractivity contribution in [2.24, 2.45) is 0 Å². The van der Waals surface area contributed by atoms with Gasteiger partial charge in [-0.05, 0) is 65.0 Å². The lowest BCUT2D eigenvalue weighted by molar-refractivity contribution is -0.117. The maximum Gasteiger partial charge on any atom is 0.224 e. The minimum absolute atomic E-state index is 0.00713. The van der Waals surface area contributed by atoms with E-state index >= 15 is 8.78 Å². The molecular formula is C24H30F2N4O2. The van der Waals surface area contributed by atoms with E-state index in [1.165, 1.54) is 11.8 Å². The number of ether oxygens (including phenoxy) is 1. The fourth-order valence-electron chi connectivity index (χ4n) is 5.14. The molecule has 1 N–H and O–H groups in total. The summed E-state index contributed by atoms with van der Waals surface area (Å²) in [5, 5.41) is 7.82. The van der Waals surface area contributed by atoms with Gasteiger partial charge in [0, 0.05) is 30.3 Å². The van der Waals surface area contributed by atoms with Crippen LogP contribution in [0.1, 0.15) is 64.0 Å². The summed E-state index contributed by atoms with van der Waals surface area (Å²) in [4.78, 5) is 13.7. The Morgan fingerprint density at radius 1 is 1.16 bits per heavy atom. The average molecular weight is 445 g/mol. The lowest BCUT2D eigenvalue weighted by Gasteiger charge is -2.37. The lowest BCUT2D eigenvalue weighted by Crippen LogP contribution is -2.42. The van der Waals surface area contributed by atoms with Gasteiger partial charge in [-0.25, -0.2) is 8.78 Å². The third kappa shape index (κ3) is 3.58. The number of anilines is 1. The molecule has 0 spiro atoms. The highest BCUT2D eigenvalue weighted by Gasteiger charge is 2.37. The van der Waals surface area contributed by atoms with E-state index in [4.69, 9.17) is 4.74 Å². The second kappa shape index (κ2) is 8.46. The molecule has 1 saturated carbocycles. The van der Waals surface area contributed by atoms with E-state index in [1.807, 2.05) is 17.8 Å². The second-order valence-electron chi connectivity index (χ2n) is 9.30. The number of aromatic nitrogens is 2. The van der Waals surface area contributed by atoms with Crippen molar-refractivity contribution in [1.29, 1.82) is 0 Å². The summed E-state index contributed by atoms with van der Waals surface area (Å²) in [6, 6.07) is 0.0413. The number of halogens is 2. The van der Waals surface area contributed by atoms with Gasteiger partial charge >= 0.3 is 0 Å². The molecule has 3 heterocycles. The van der Waals surface area contributed by atoms with E-state index in [1.54, 1.807) is 6.20 Å². The molecule has 2 aliphatic heterocycles. The van der Waals surface area contributed by atoms with Gasteiger partial charge < -0.3 is 15.0 Å². The van der Waals surface area contributed by atoms with Gasteiger partial charge in [0.2, 0.25) is 5.91 Å². The van der Waals surface area contributed by atoms with Gasteiger partial charge in [-0.1, -0.05) is 0 Å².